The molecular formula is C22H25N7O3S. The van der Waals surface area contributed by atoms with Crippen LogP contribution in [0.15, 0.2) is 28.9 Å². The van der Waals surface area contributed by atoms with Gasteiger partial charge in [0.2, 0.25) is 6.41 Å². The average molecular weight is 468 g/mol. The Morgan fingerprint density at radius 2 is 2.03 bits per heavy atom. The van der Waals surface area contributed by atoms with Crippen molar-refractivity contribution in [2.75, 3.05) is 18.4 Å². The molecule has 3 aliphatic rings. The summed E-state index contributed by atoms with van der Waals surface area (Å²) in [5, 5.41) is 9.96. The van der Waals surface area contributed by atoms with E-state index in [2.05, 4.69) is 10.4 Å². The summed E-state index contributed by atoms with van der Waals surface area (Å²) in [6, 6.07) is 2.39. The zero-order valence-electron chi connectivity index (χ0n) is 18.0. The lowest BCUT2D eigenvalue weighted by molar-refractivity contribution is -0.125. The first-order valence-electron chi connectivity index (χ1n) is 11.1. The van der Waals surface area contributed by atoms with Gasteiger partial charge in [0.15, 0.2) is 5.65 Å². The van der Waals surface area contributed by atoms with Crippen LogP contribution in [0.2, 0.25) is 0 Å². The van der Waals surface area contributed by atoms with E-state index in [1.165, 1.54) is 6.08 Å². The van der Waals surface area contributed by atoms with E-state index in [4.69, 9.17) is 10.7 Å². The van der Waals surface area contributed by atoms with Crippen LogP contribution < -0.4 is 16.4 Å². The molecule has 11 heteroatoms. The Kier molecular flexibility index (Phi) is 5.79. The van der Waals surface area contributed by atoms with Crippen molar-refractivity contribution >= 4 is 47.5 Å². The summed E-state index contributed by atoms with van der Waals surface area (Å²) in [6.07, 6.45) is 10.4. The smallest absolute Gasteiger partial charge is 0.273 e. The third-order valence-electron chi connectivity index (χ3n) is 5.93. The van der Waals surface area contributed by atoms with Crippen molar-refractivity contribution in [2.45, 2.75) is 43.4 Å². The number of nitrogens with two attached hydrogens (primary N) is 1. The second-order valence-corrected chi connectivity index (χ2v) is 9.67. The maximum Gasteiger partial charge on any atom is 0.273 e. The van der Waals surface area contributed by atoms with Gasteiger partial charge in [-0.3, -0.25) is 19.7 Å². The lowest BCUT2D eigenvalue weighted by Gasteiger charge is -2.17. The van der Waals surface area contributed by atoms with Crippen LogP contribution in [0.5, 0.6) is 0 Å². The number of amides is 3. The molecule has 4 heterocycles. The molecule has 1 saturated heterocycles. The Morgan fingerprint density at radius 1 is 1.24 bits per heavy atom. The van der Waals surface area contributed by atoms with Gasteiger partial charge in [-0.1, -0.05) is 6.08 Å². The lowest BCUT2D eigenvalue weighted by Crippen LogP contribution is -2.27. The zero-order valence-corrected chi connectivity index (χ0v) is 18.8. The Balaban J connectivity index is 1.45. The van der Waals surface area contributed by atoms with Gasteiger partial charge >= 0.3 is 0 Å². The molecule has 0 spiro atoms. The van der Waals surface area contributed by atoms with Crippen molar-refractivity contribution in [3.05, 3.63) is 40.2 Å². The summed E-state index contributed by atoms with van der Waals surface area (Å²) in [6.45, 7) is 1.65. The number of hydrogen-bond acceptors (Lipinski definition) is 8. The molecule has 2 aromatic heterocycles. The number of likely N-dealkylation sites (tertiary alicyclic amines) is 1. The molecule has 4 N–H and O–H groups in total. The van der Waals surface area contributed by atoms with Crippen LogP contribution >= 0.6 is 11.8 Å². The van der Waals surface area contributed by atoms with Gasteiger partial charge in [-0.25, -0.2) is 4.98 Å². The minimum atomic E-state index is -0.683. The molecule has 3 amide bonds. The molecule has 2 fully saturated rings. The van der Waals surface area contributed by atoms with E-state index in [0.717, 1.165) is 61.6 Å². The minimum Gasteiger partial charge on any atom is -0.394 e. The monoisotopic (exact) mass is 467 g/mol. The zero-order chi connectivity index (χ0) is 22.9. The number of carbonyl (C=O) groups excluding carboxylic acids is 3. The molecule has 33 heavy (non-hydrogen) atoms. The number of fused-ring (bicyclic) bond motifs is 1. The van der Waals surface area contributed by atoms with Gasteiger partial charge in [-0.05, 0) is 38.2 Å². The number of thioether (sulfide) groups is 1. The maximum atomic E-state index is 12.8. The second kappa shape index (κ2) is 8.89. The number of nitrogens with one attached hydrogen (secondary N) is 2. The van der Waals surface area contributed by atoms with E-state index in [-0.39, 0.29) is 16.9 Å². The summed E-state index contributed by atoms with van der Waals surface area (Å²) in [5.41, 5.74) is 7.68. The fraction of sp³-hybridized carbons (Fsp3) is 0.409. The molecule has 0 bridgehead atoms. The fourth-order valence-corrected chi connectivity index (χ4v) is 5.20. The lowest BCUT2D eigenvalue weighted by atomic mass is 10.2. The van der Waals surface area contributed by atoms with Crippen molar-refractivity contribution in [3.8, 4) is 0 Å². The Morgan fingerprint density at radius 3 is 2.76 bits per heavy atom. The number of allylic oxidation sites excluding steroid dienone is 1. The van der Waals surface area contributed by atoms with Gasteiger partial charge < -0.3 is 16.0 Å². The molecule has 10 nitrogen and oxygen atoms in total. The molecular weight excluding hydrogens is 442 g/mol. The Bertz CT molecular complexity index is 1180. The van der Waals surface area contributed by atoms with Gasteiger partial charge in [0.05, 0.1) is 27.7 Å². The molecule has 0 aromatic carbocycles. The number of hydrogen-bond donors (Lipinski definition) is 3. The molecule has 2 aliphatic heterocycles. The second-order valence-electron chi connectivity index (χ2n) is 8.42. The summed E-state index contributed by atoms with van der Waals surface area (Å²) in [7, 11) is 0. The van der Waals surface area contributed by atoms with E-state index >= 15 is 0 Å². The fourth-order valence-electron chi connectivity index (χ4n) is 4.03. The highest BCUT2D eigenvalue weighted by atomic mass is 32.2. The average Bonchev–Trinajstić information content (AvgIpc) is 3.22. The van der Waals surface area contributed by atoms with E-state index in [1.54, 1.807) is 22.5 Å². The molecule has 5 rings (SSSR count). The van der Waals surface area contributed by atoms with Crippen molar-refractivity contribution in [2.24, 2.45) is 5.73 Å². The third-order valence-corrected chi connectivity index (χ3v) is 7.25. The highest BCUT2D eigenvalue weighted by Gasteiger charge is 2.30. The van der Waals surface area contributed by atoms with E-state index < -0.39 is 5.91 Å². The van der Waals surface area contributed by atoms with Crippen molar-refractivity contribution in [3.63, 3.8) is 0 Å². The topological polar surface area (TPSA) is 135 Å². The first kappa shape index (κ1) is 21.5. The highest BCUT2D eigenvalue weighted by Crippen LogP contribution is 2.44. The van der Waals surface area contributed by atoms with Gasteiger partial charge in [-0.15, -0.1) is 11.8 Å². The van der Waals surface area contributed by atoms with Crippen LogP contribution in [0, 0.1) is 0 Å². The molecule has 0 radical (unpaired) electrons. The van der Waals surface area contributed by atoms with Crippen molar-refractivity contribution < 1.29 is 14.4 Å². The van der Waals surface area contributed by atoms with Crippen LogP contribution in [0.3, 0.4) is 0 Å². The molecule has 2 aromatic rings. The minimum absolute atomic E-state index is 0.0127. The number of aromatic nitrogens is 3. The summed E-state index contributed by atoms with van der Waals surface area (Å²) < 4.78 is 1.70. The van der Waals surface area contributed by atoms with E-state index in [1.807, 2.05) is 22.4 Å². The summed E-state index contributed by atoms with van der Waals surface area (Å²) >= 11 is 1.55. The van der Waals surface area contributed by atoms with Crippen molar-refractivity contribution in [1.29, 1.82) is 0 Å². The molecule has 1 aliphatic carbocycles. The van der Waals surface area contributed by atoms with Crippen LogP contribution in [-0.4, -0.2) is 56.9 Å². The van der Waals surface area contributed by atoms with Gasteiger partial charge in [0.1, 0.15) is 5.82 Å². The predicted octanol–water partition coefficient (Wildman–Crippen LogP) is 1.56. The SMILES string of the molecule is N/C(=C\c1cnn2c(NC3CC3)cc(C3CC=C(C(=O)N4CCCC4)S3)nc12)C(=O)NC=O. The number of anilines is 1. The summed E-state index contributed by atoms with van der Waals surface area (Å²) in [5.74, 6) is 0.241. The third kappa shape index (κ3) is 4.45. The van der Waals surface area contributed by atoms with Crippen LogP contribution in [0.4, 0.5) is 5.82 Å². The quantitative estimate of drug-likeness (QED) is 0.412. The van der Waals surface area contributed by atoms with E-state index in [9.17, 15) is 14.4 Å². The standard InChI is InChI=1S/C22H25N7O3S/c23-15(21(31)24-12-30)9-13-11-25-29-19(26-14-3-4-14)10-16(27-20(13)29)17-5-6-18(33-17)22(32)28-7-1-2-8-28/h6,9-12,14,17,26H,1-5,7-8,23H2,(H,24,30,31)/b15-9-. The van der Waals surface area contributed by atoms with Gasteiger partial charge in [0, 0.05) is 30.8 Å². The molecule has 1 unspecified atom stereocenters. The summed E-state index contributed by atoms with van der Waals surface area (Å²) in [4.78, 5) is 42.8. The Hall–Kier alpha value is -3.34. The van der Waals surface area contributed by atoms with Crippen LogP contribution in [0.1, 0.15) is 48.6 Å². The first-order valence-corrected chi connectivity index (χ1v) is 11.9. The normalized spacial score (nSPS) is 20.7. The van der Waals surface area contributed by atoms with Gasteiger partial charge in [0.25, 0.3) is 11.8 Å². The number of rotatable bonds is 7. The van der Waals surface area contributed by atoms with Crippen LogP contribution in [-0.2, 0) is 14.4 Å². The van der Waals surface area contributed by atoms with Crippen molar-refractivity contribution in [1.82, 2.24) is 24.8 Å². The molecule has 1 saturated carbocycles. The Labute approximate surface area is 194 Å². The largest absolute Gasteiger partial charge is 0.394 e. The van der Waals surface area contributed by atoms with E-state index in [0.29, 0.717) is 23.7 Å². The number of carbonyl (C=O) groups is 3. The van der Waals surface area contributed by atoms with Gasteiger partial charge in [-0.2, -0.15) is 9.61 Å². The predicted molar refractivity (Wildman–Crippen MR) is 125 cm³/mol. The van der Waals surface area contributed by atoms with Crippen LogP contribution in [0.25, 0.3) is 11.7 Å². The maximum absolute atomic E-state index is 12.8. The molecule has 172 valence electrons. The molecule has 1 atom stereocenters. The number of nitrogens with zero attached hydrogens (tertiary/aromatic N) is 4. The first-order chi connectivity index (χ1) is 16.0. The number of imide groups is 1. The highest BCUT2D eigenvalue weighted by molar-refractivity contribution is 8.04.